The highest BCUT2D eigenvalue weighted by Gasteiger charge is 2.03. The number of amides is 2. The fourth-order valence-electron chi connectivity index (χ4n) is 1.87. The molecule has 0 saturated carbocycles. The first-order chi connectivity index (χ1) is 11.1. The van der Waals surface area contributed by atoms with Crippen molar-refractivity contribution in [1.29, 1.82) is 0 Å². The van der Waals surface area contributed by atoms with Crippen molar-refractivity contribution in [3.63, 3.8) is 0 Å². The largest absolute Gasteiger partial charge is 0.352 e. The van der Waals surface area contributed by atoms with Gasteiger partial charge < -0.3 is 10.6 Å². The van der Waals surface area contributed by atoms with Crippen LogP contribution in [0.3, 0.4) is 0 Å². The zero-order valence-corrected chi connectivity index (χ0v) is 13.7. The molecular formula is C17H19N3O2S. The van der Waals surface area contributed by atoms with Crippen LogP contribution in [-0.2, 0) is 4.79 Å². The van der Waals surface area contributed by atoms with E-state index in [1.54, 1.807) is 24.4 Å². The lowest BCUT2D eigenvalue weighted by atomic mass is 10.2. The van der Waals surface area contributed by atoms with E-state index < -0.39 is 0 Å². The number of carbonyl (C=O) groups is 2. The SMILES string of the molecule is Cc1ncc(C=CC(=O)NCCCNC(=O)c2ccccc2)s1. The minimum atomic E-state index is -0.148. The smallest absolute Gasteiger partial charge is 0.251 e. The van der Waals surface area contributed by atoms with Crippen molar-refractivity contribution in [2.75, 3.05) is 13.1 Å². The van der Waals surface area contributed by atoms with Crippen LogP contribution in [0.15, 0.2) is 42.6 Å². The number of nitrogens with zero attached hydrogens (tertiary/aromatic N) is 1. The highest BCUT2D eigenvalue weighted by atomic mass is 32.1. The van der Waals surface area contributed by atoms with Gasteiger partial charge in [0.05, 0.1) is 5.01 Å². The highest BCUT2D eigenvalue weighted by Crippen LogP contribution is 2.12. The number of rotatable bonds is 7. The fraction of sp³-hybridized carbons (Fsp3) is 0.235. The molecule has 0 spiro atoms. The van der Waals surface area contributed by atoms with Crippen molar-refractivity contribution in [2.45, 2.75) is 13.3 Å². The standard InChI is InChI=1S/C17H19N3O2S/c1-13-20-12-15(23-13)8-9-16(21)18-10-5-11-19-17(22)14-6-3-2-4-7-14/h2-4,6-9,12H,5,10-11H2,1H3,(H,18,21)(H,19,22). The van der Waals surface area contributed by atoms with E-state index in [2.05, 4.69) is 15.6 Å². The third-order valence-electron chi connectivity index (χ3n) is 3.01. The van der Waals surface area contributed by atoms with Gasteiger partial charge in [0, 0.05) is 35.8 Å². The molecule has 1 aromatic heterocycles. The number of aryl methyl sites for hydroxylation is 1. The molecule has 0 atom stereocenters. The number of nitrogens with one attached hydrogen (secondary N) is 2. The van der Waals surface area contributed by atoms with Crippen LogP contribution in [-0.4, -0.2) is 29.9 Å². The van der Waals surface area contributed by atoms with Crippen LogP contribution in [0, 0.1) is 6.92 Å². The molecule has 2 N–H and O–H groups in total. The minimum Gasteiger partial charge on any atom is -0.352 e. The van der Waals surface area contributed by atoms with Crippen molar-refractivity contribution >= 4 is 29.2 Å². The van der Waals surface area contributed by atoms with Crippen molar-refractivity contribution in [2.24, 2.45) is 0 Å². The average Bonchev–Trinajstić information content (AvgIpc) is 2.98. The molecule has 23 heavy (non-hydrogen) atoms. The van der Waals surface area contributed by atoms with Gasteiger partial charge in [-0.1, -0.05) is 18.2 Å². The van der Waals surface area contributed by atoms with E-state index in [0.29, 0.717) is 25.1 Å². The van der Waals surface area contributed by atoms with E-state index in [-0.39, 0.29) is 11.8 Å². The van der Waals surface area contributed by atoms with Gasteiger partial charge in [0.2, 0.25) is 5.91 Å². The van der Waals surface area contributed by atoms with Crippen LogP contribution >= 0.6 is 11.3 Å². The molecule has 1 aromatic carbocycles. The predicted molar refractivity (Wildman–Crippen MR) is 92.3 cm³/mol. The first kappa shape index (κ1) is 16.9. The van der Waals surface area contributed by atoms with E-state index in [1.165, 1.54) is 17.4 Å². The Labute approximate surface area is 139 Å². The second kappa shape index (κ2) is 8.85. The quantitative estimate of drug-likeness (QED) is 0.605. The second-order valence-electron chi connectivity index (χ2n) is 4.88. The molecule has 0 aliphatic carbocycles. The Kier molecular flexibility index (Phi) is 6.50. The molecule has 0 radical (unpaired) electrons. The molecule has 2 aromatic rings. The fourth-order valence-corrected chi connectivity index (χ4v) is 2.55. The van der Waals surface area contributed by atoms with Crippen molar-refractivity contribution in [3.05, 3.63) is 58.1 Å². The topological polar surface area (TPSA) is 71.1 Å². The highest BCUT2D eigenvalue weighted by molar-refractivity contribution is 7.12. The summed E-state index contributed by atoms with van der Waals surface area (Å²) in [5.41, 5.74) is 0.638. The Balaban J connectivity index is 1.61. The average molecular weight is 329 g/mol. The van der Waals surface area contributed by atoms with Gasteiger partial charge in [0.1, 0.15) is 0 Å². The molecule has 0 fully saturated rings. The Bertz CT molecular complexity index is 680. The molecule has 0 aliphatic rings. The molecule has 0 unspecified atom stereocenters. The van der Waals surface area contributed by atoms with E-state index in [9.17, 15) is 9.59 Å². The Hall–Kier alpha value is -2.47. The number of hydrogen-bond donors (Lipinski definition) is 2. The summed E-state index contributed by atoms with van der Waals surface area (Å²) in [5, 5.41) is 6.57. The van der Waals surface area contributed by atoms with Crippen LogP contribution in [0.25, 0.3) is 6.08 Å². The maximum Gasteiger partial charge on any atom is 0.251 e. The lowest BCUT2D eigenvalue weighted by Crippen LogP contribution is -2.29. The molecule has 0 aliphatic heterocycles. The first-order valence-corrected chi connectivity index (χ1v) is 8.18. The van der Waals surface area contributed by atoms with Gasteiger partial charge in [-0.25, -0.2) is 4.98 Å². The van der Waals surface area contributed by atoms with Gasteiger partial charge in [-0.15, -0.1) is 11.3 Å². The van der Waals surface area contributed by atoms with E-state index in [0.717, 1.165) is 9.88 Å². The third-order valence-corrected chi connectivity index (χ3v) is 3.89. The molecule has 2 amide bonds. The molecular weight excluding hydrogens is 310 g/mol. The molecule has 1 heterocycles. The number of benzene rings is 1. The lowest BCUT2D eigenvalue weighted by molar-refractivity contribution is -0.116. The maximum absolute atomic E-state index is 11.8. The normalized spacial score (nSPS) is 10.7. The van der Waals surface area contributed by atoms with E-state index in [1.807, 2.05) is 25.1 Å². The van der Waals surface area contributed by atoms with Crippen LogP contribution in [0.2, 0.25) is 0 Å². The van der Waals surface area contributed by atoms with Crippen molar-refractivity contribution < 1.29 is 9.59 Å². The summed E-state index contributed by atoms with van der Waals surface area (Å²) in [6.07, 6.45) is 5.66. The van der Waals surface area contributed by atoms with E-state index in [4.69, 9.17) is 0 Å². The molecule has 0 bridgehead atoms. The summed E-state index contributed by atoms with van der Waals surface area (Å²) >= 11 is 1.54. The second-order valence-corrected chi connectivity index (χ2v) is 6.15. The lowest BCUT2D eigenvalue weighted by Gasteiger charge is -2.05. The van der Waals surface area contributed by atoms with Gasteiger partial charge in [-0.05, 0) is 31.6 Å². The summed E-state index contributed by atoms with van der Waals surface area (Å²) < 4.78 is 0. The monoisotopic (exact) mass is 329 g/mol. The minimum absolute atomic E-state index is 0.0996. The Morgan fingerprint density at radius 1 is 1.17 bits per heavy atom. The van der Waals surface area contributed by atoms with Gasteiger partial charge in [0.15, 0.2) is 0 Å². The number of hydrogen-bond acceptors (Lipinski definition) is 4. The first-order valence-electron chi connectivity index (χ1n) is 7.37. The van der Waals surface area contributed by atoms with Crippen LogP contribution in [0.5, 0.6) is 0 Å². The van der Waals surface area contributed by atoms with Crippen LogP contribution < -0.4 is 10.6 Å². The third kappa shape index (κ3) is 6.04. The van der Waals surface area contributed by atoms with Crippen LogP contribution in [0.1, 0.15) is 26.7 Å². The van der Waals surface area contributed by atoms with Crippen molar-refractivity contribution in [1.82, 2.24) is 15.6 Å². The summed E-state index contributed by atoms with van der Waals surface area (Å²) in [6, 6.07) is 9.05. The van der Waals surface area contributed by atoms with Gasteiger partial charge in [-0.2, -0.15) is 0 Å². The van der Waals surface area contributed by atoms with Gasteiger partial charge in [0.25, 0.3) is 5.91 Å². The zero-order valence-electron chi connectivity index (χ0n) is 12.9. The molecule has 6 heteroatoms. The van der Waals surface area contributed by atoms with E-state index >= 15 is 0 Å². The number of thiazole rings is 1. The van der Waals surface area contributed by atoms with Gasteiger partial charge >= 0.3 is 0 Å². The Morgan fingerprint density at radius 3 is 2.61 bits per heavy atom. The summed E-state index contributed by atoms with van der Waals surface area (Å²) in [6.45, 7) is 2.96. The molecule has 5 nitrogen and oxygen atoms in total. The molecule has 0 saturated heterocycles. The van der Waals surface area contributed by atoms with Gasteiger partial charge in [-0.3, -0.25) is 9.59 Å². The number of aromatic nitrogens is 1. The zero-order chi connectivity index (χ0) is 16.5. The summed E-state index contributed by atoms with van der Waals surface area (Å²) in [4.78, 5) is 28.5. The summed E-state index contributed by atoms with van der Waals surface area (Å²) in [5.74, 6) is -0.247. The van der Waals surface area contributed by atoms with Crippen LogP contribution in [0.4, 0.5) is 0 Å². The maximum atomic E-state index is 11.8. The predicted octanol–water partition coefficient (Wildman–Crippen LogP) is 2.40. The molecule has 2 rings (SSSR count). The van der Waals surface area contributed by atoms with Crippen molar-refractivity contribution in [3.8, 4) is 0 Å². The number of carbonyl (C=O) groups excluding carboxylic acids is 2. The Morgan fingerprint density at radius 2 is 1.91 bits per heavy atom. The summed E-state index contributed by atoms with van der Waals surface area (Å²) in [7, 11) is 0. The molecule has 120 valence electrons.